The number of benzene rings is 2. The zero-order valence-electron chi connectivity index (χ0n) is 17.0. The van der Waals surface area contributed by atoms with E-state index in [1.807, 2.05) is 66.9 Å². The molecule has 0 saturated heterocycles. The molecule has 31 heavy (non-hydrogen) atoms. The first-order valence-electron chi connectivity index (χ1n) is 10.1. The topological polar surface area (TPSA) is 80.3 Å². The molecule has 0 spiro atoms. The van der Waals surface area contributed by atoms with Crippen LogP contribution in [0.3, 0.4) is 0 Å². The summed E-state index contributed by atoms with van der Waals surface area (Å²) in [6.07, 6.45) is 0.803. The fourth-order valence-electron chi connectivity index (χ4n) is 3.75. The molecular weight excluding hydrogens is 410 g/mol. The number of hydrogen-bond acceptors (Lipinski definition) is 6. The molecule has 5 aromatic rings. The molecule has 156 valence electrons. The van der Waals surface area contributed by atoms with Crippen molar-refractivity contribution in [1.29, 1.82) is 0 Å². The van der Waals surface area contributed by atoms with Crippen LogP contribution in [0, 0.1) is 6.92 Å². The lowest BCUT2D eigenvalue weighted by Gasteiger charge is -2.05. The van der Waals surface area contributed by atoms with Crippen molar-refractivity contribution in [3.8, 4) is 0 Å². The van der Waals surface area contributed by atoms with Crippen molar-refractivity contribution in [3.05, 3.63) is 81.9 Å². The summed E-state index contributed by atoms with van der Waals surface area (Å²) in [5, 5.41) is 14.5. The van der Waals surface area contributed by atoms with Crippen molar-refractivity contribution in [3.63, 3.8) is 0 Å². The average molecular weight is 432 g/mol. The molecule has 0 aliphatic heterocycles. The molecule has 2 N–H and O–H groups in total. The molecule has 0 unspecified atom stereocenters. The molecular formula is C24H21N3O3S. The number of hydrogen-bond donors (Lipinski definition) is 2. The van der Waals surface area contributed by atoms with Gasteiger partial charge in [0.05, 0.1) is 4.88 Å². The summed E-state index contributed by atoms with van der Waals surface area (Å²) in [5.41, 5.74) is 4.43. The third kappa shape index (κ3) is 3.97. The van der Waals surface area contributed by atoms with Gasteiger partial charge >= 0.3 is 0 Å². The minimum absolute atomic E-state index is 0.0994. The largest absolute Gasteiger partial charge is 0.461 e. The normalized spacial score (nSPS) is 11.4. The van der Waals surface area contributed by atoms with Gasteiger partial charge in [-0.1, -0.05) is 23.4 Å². The maximum absolute atomic E-state index is 12.4. The maximum Gasteiger partial charge on any atom is 0.265 e. The number of nitrogens with one attached hydrogen (secondary N) is 2. The van der Waals surface area contributed by atoms with Gasteiger partial charge in [0.25, 0.3) is 5.91 Å². The van der Waals surface area contributed by atoms with E-state index in [0.717, 1.165) is 57.6 Å². The van der Waals surface area contributed by atoms with Crippen molar-refractivity contribution in [2.75, 3.05) is 11.9 Å². The number of rotatable bonds is 7. The lowest BCUT2D eigenvalue weighted by atomic mass is 10.1. The van der Waals surface area contributed by atoms with E-state index < -0.39 is 0 Å². The van der Waals surface area contributed by atoms with Crippen LogP contribution in [0.25, 0.3) is 21.9 Å². The Labute approximate surface area is 182 Å². The Morgan fingerprint density at radius 1 is 1.06 bits per heavy atom. The van der Waals surface area contributed by atoms with Crippen molar-refractivity contribution < 1.29 is 13.7 Å². The predicted molar refractivity (Wildman–Crippen MR) is 123 cm³/mol. The molecule has 6 nitrogen and oxygen atoms in total. The second-order valence-electron chi connectivity index (χ2n) is 7.33. The highest BCUT2D eigenvalue weighted by atomic mass is 32.1. The minimum atomic E-state index is -0.0994. The van der Waals surface area contributed by atoms with Gasteiger partial charge in [-0.15, -0.1) is 11.3 Å². The smallest absolute Gasteiger partial charge is 0.265 e. The van der Waals surface area contributed by atoms with Crippen LogP contribution in [0.2, 0.25) is 0 Å². The maximum atomic E-state index is 12.4. The standard InChI is InChI=1S/C24H21N3O3S/c1-15-17(10-11-25-14-20-18-5-2-3-6-22(18)30-27-20)19-13-16(8-9-21(19)29-15)26-24(28)23-7-4-12-31-23/h2-9,12-13,25H,10-11,14H2,1H3,(H,26,28). The Morgan fingerprint density at radius 2 is 1.97 bits per heavy atom. The quantitative estimate of drug-likeness (QED) is 0.331. The highest BCUT2D eigenvalue weighted by Crippen LogP contribution is 2.29. The second-order valence-corrected chi connectivity index (χ2v) is 8.28. The Hall–Kier alpha value is -3.42. The monoisotopic (exact) mass is 431 g/mol. The van der Waals surface area contributed by atoms with E-state index in [9.17, 15) is 4.79 Å². The van der Waals surface area contributed by atoms with Gasteiger partial charge in [-0.25, -0.2) is 0 Å². The molecule has 0 fully saturated rings. The molecule has 0 saturated carbocycles. The number of thiophene rings is 1. The zero-order valence-corrected chi connectivity index (χ0v) is 17.8. The number of nitrogens with zero attached hydrogens (tertiary/aromatic N) is 1. The van der Waals surface area contributed by atoms with Crippen LogP contribution in [0.5, 0.6) is 0 Å². The summed E-state index contributed by atoms with van der Waals surface area (Å²) < 4.78 is 11.3. The first kappa shape index (κ1) is 19.5. The number of amides is 1. The van der Waals surface area contributed by atoms with Gasteiger partial charge in [-0.2, -0.15) is 0 Å². The molecule has 0 radical (unpaired) electrons. The summed E-state index contributed by atoms with van der Waals surface area (Å²) >= 11 is 1.42. The average Bonchev–Trinajstić information content (AvgIpc) is 3.51. The van der Waals surface area contributed by atoms with E-state index in [2.05, 4.69) is 15.8 Å². The fraction of sp³-hybridized carbons (Fsp3) is 0.167. The van der Waals surface area contributed by atoms with Gasteiger partial charge in [-0.05, 0) is 61.7 Å². The van der Waals surface area contributed by atoms with Crippen LogP contribution >= 0.6 is 11.3 Å². The summed E-state index contributed by atoms with van der Waals surface area (Å²) in [6.45, 7) is 3.38. The van der Waals surface area contributed by atoms with Crippen molar-refractivity contribution in [2.24, 2.45) is 0 Å². The molecule has 0 aliphatic rings. The van der Waals surface area contributed by atoms with E-state index in [-0.39, 0.29) is 5.91 Å². The number of aryl methyl sites for hydroxylation is 1. The molecule has 3 heterocycles. The number of aromatic nitrogens is 1. The van der Waals surface area contributed by atoms with Crippen molar-refractivity contribution in [2.45, 2.75) is 19.9 Å². The molecule has 1 amide bonds. The third-order valence-electron chi connectivity index (χ3n) is 5.29. The lowest BCUT2D eigenvalue weighted by molar-refractivity contribution is 0.103. The van der Waals surface area contributed by atoms with Crippen LogP contribution in [-0.4, -0.2) is 17.6 Å². The van der Waals surface area contributed by atoms with Gasteiger partial charge in [0, 0.05) is 28.6 Å². The van der Waals surface area contributed by atoms with Crippen molar-refractivity contribution >= 4 is 44.9 Å². The van der Waals surface area contributed by atoms with E-state index in [4.69, 9.17) is 8.94 Å². The van der Waals surface area contributed by atoms with E-state index in [1.165, 1.54) is 11.3 Å². The molecule has 0 aliphatic carbocycles. The van der Waals surface area contributed by atoms with Gasteiger partial charge in [0.15, 0.2) is 5.58 Å². The lowest BCUT2D eigenvalue weighted by Crippen LogP contribution is -2.17. The highest BCUT2D eigenvalue weighted by molar-refractivity contribution is 7.12. The Bertz CT molecular complexity index is 1350. The highest BCUT2D eigenvalue weighted by Gasteiger charge is 2.14. The number of carbonyl (C=O) groups excluding carboxylic acids is 1. The third-order valence-corrected chi connectivity index (χ3v) is 6.16. The van der Waals surface area contributed by atoms with E-state index >= 15 is 0 Å². The fourth-order valence-corrected chi connectivity index (χ4v) is 4.36. The van der Waals surface area contributed by atoms with Crippen LogP contribution in [-0.2, 0) is 13.0 Å². The van der Waals surface area contributed by atoms with Crippen LogP contribution in [0.15, 0.2) is 68.9 Å². The van der Waals surface area contributed by atoms with E-state index in [1.54, 1.807) is 0 Å². The zero-order chi connectivity index (χ0) is 21.2. The Kier molecular flexibility index (Phi) is 5.28. The molecule has 0 bridgehead atoms. The first-order chi connectivity index (χ1) is 15.2. The van der Waals surface area contributed by atoms with Crippen molar-refractivity contribution in [1.82, 2.24) is 10.5 Å². The Balaban J connectivity index is 1.27. The number of furan rings is 1. The summed E-state index contributed by atoms with van der Waals surface area (Å²) in [6, 6.07) is 17.3. The summed E-state index contributed by atoms with van der Waals surface area (Å²) in [7, 11) is 0. The molecule has 7 heteroatoms. The first-order valence-corrected chi connectivity index (χ1v) is 11.0. The molecule has 3 aromatic heterocycles. The summed E-state index contributed by atoms with van der Waals surface area (Å²) in [4.78, 5) is 13.1. The number of fused-ring (bicyclic) bond motifs is 2. The van der Waals surface area contributed by atoms with E-state index in [0.29, 0.717) is 11.4 Å². The molecule has 5 rings (SSSR count). The Morgan fingerprint density at radius 3 is 2.84 bits per heavy atom. The minimum Gasteiger partial charge on any atom is -0.461 e. The van der Waals surface area contributed by atoms with Gasteiger partial charge in [-0.3, -0.25) is 4.79 Å². The summed E-state index contributed by atoms with van der Waals surface area (Å²) in [5.74, 6) is 0.794. The number of anilines is 1. The van der Waals surface area contributed by atoms with Crippen LogP contribution in [0.4, 0.5) is 5.69 Å². The molecule has 2 aromatic carbocycles. The second kappa shape index (κ2) is 8.37. The predicted octanol–water partition coefficient (Wildman–Crippen LogP) is 5.53. The molecule has 0 atom stereocenters. The van der Waals surface area contributed by atoms with Gasteiger partial charge in [0.2, 0.25) is 0 Å². The van der Waals surface area contributed by atoms with Gasteiger partial charge in [0.1, 0.15) is 17.0 Å². The SMILES string of the molecule is Cc1oc2ccc(NC(=O)c3cccs3)cc2c1CCNCc1noc2ccccc12. The van der Waals surface area contributed by atoms with Gasteiger partial charge < -0.3 is 19.6 Å². The number of para-hydroxylation sites is 1. The van der Waals surface area contributed by atoms with Crippen LogP contribution in [0.1, 0.15) is 26.7 Å². The number of carbonyl (C=O) groups is 1. The van der Waals surface area contributed by atoms with Crippen LogP contribution < -0.4 is 10.6 Å².